The summed E-state index contributed by atoms with van der Waals surface area (Å²) in [5.74, 6) is 0.481. The second kappa shape index (κ2) is 5.05. The minimum Gasteiger partial charge on any atom is -0.444 e. The van der Waals surface area contributed by atoms with Crippen LogP contribution in [0, 0.1) is 5.41 Å². The Morgan fingerprint density at radius 1 is 1.47 bits per heavy atom. The molecule has 100 valence electrons. The minimum atomic E-state index is -0.449. The van der Waals surface area contributed by atoms with Crippen molar-refractivity contribution in [3.05, 3.63) is 0 Å². The molecule has 1 heterocycles. The summed E-state index contributed by atoms with van der Waals surface area (Å²) in [5, 5.41) is 0. The standard InChI is InChI=1S/C13H24ClNO2/c1-12(2,3)17-11(16)15-9-13(4,5)7-6-10(15)8-14/h10H,6-9H2,1-5H3. The van der Waals surface area contributed by atoms with E-state index in [1.54, 1.807) is 4.90 Å². The topological polar surface area (TPSA) is 29.5 Å². The normalized spacial score (nSPS) is 24.6. The molecule has 0 aromatic carbocycles. The van der Waals surface area contributed by atoms with E-state index >= 15 is 0 Å². The van der Waals surface area contributed by atoms with Crippen molar-refractivity contribution in [2.45, 2.75) is 59.1 Å². The lowest BCUT2D eigenvalue weighted by atomic mass is 9.82. The molecule has 1 rings (SSSR count). The molecular formula is C13H24ClNO2. The average Bonchev–Trinajstić information content (AvgIpc) is 2.13. The molecule has 0 N–H and O–H groups in total. The number of rotatable bonds is 1. The molecule has 1 unspecified atom stereocenters. The lowest BCUT2D eigenvalue weighted by Gasteiger charge is -2.43. The molecule has 1 fully saturated rings. The van der Waals surface area contributed by atoms with Gasteiger partial charge < -0.3 is 9.64 Å². The average molecular weight is 262 g/mol. The number of ether oxygens (including phenoxy) is 1. The van der Waals surface area contributed by atoms with Crippen LogP contribution in [0.25, 0.3) is 0 Å². The van der Waals surface area contributed by atoms with Gasteiger partial charge in [0.1, 0.15) is 5.60 Å². The van der Waals surface area contributed by atoms with E-state index in [4.69, 9.17) is 16.3 Å². The van der Waals surface area contributed by atoms with E-state index in [-0.39, 0.29) is 17.6 Å². The summed E-state index contributed by atoms with van der Waals surface area (Å²) in [6, 6.07) is 0.111. The first-order chi connectivity index (χ1) is 7.64. The molecule has 0 aliphatic carbocycles. The molecule has 1 atom stereocenters. The van der Waals surface area contributed by atoms with E-state index in [0.717, 1.165) is 19.4 Å². The van der Waals surface area contributed by atoms with Crippen molar-refractivity contribution in [3.63, 3.8) is 0 Å². The summed E-state index contributed by atoms with van der Waals surface area (Å²) in [7, 11) is 0. The van der Waals surface area contributed by atoms with Crippen molar-refractivity contribution >= 4 is 17.7 Å². The van der Waals surface area contributed by atoms with Crippen LogP contribution >= 0.6 is 11.6 Å². The zero-order valence-electron chi connectivity index (χ0n) is 11.5. The smallest absolute Gasteiger partial charge is 0.410 e. The fraction of sp³-hybridized carbons (Fsp3) is 0.923. The molecule has 1 saturated heterocycles. The van der Waals surface area contributed by atoms with Gasteiger partial charge in [-0.15, -0.1) is 11.6 Å². The zero-order valence-corrected chi connectivity index (χ0v) is 12.3. The highest BCUT2D eigenvalue weighted by Crippen LogP contribution is 2.33. The summed E-state index contributed by atoms with van der Waals surface area (Å²) in [6.07, 6.45) is 1.82. The second-order valence-corrected chi connectivity index (χ2v) is 6.93. The molecule has 0 radical (unpaired) electrons. The Morgan fingerprint density at radius 3 is 2.53 bits per heavy atom. The summed E-state index contributed by atoms with van der Waals surface area (Å²) >= 11 is 5.93. The van der Waals surface area contributed by atoms with Gasteiger partial charge in [0.05, 0.1) is 0 Å². The SMILES string of the molecule is CC1(C)CCC(CCl)N(C(=O)OC(C)(C)C)C1. The van der Waals surface area contributed by atoms with E-state index in [1.807, 2.05) is 20.8 Å². The number of likely N-dealkylation sites (tertiary alicyclic amines) is 1. The zero-order chi connectivity index (χ0) is 13.3. The maximum atomic E-state index is 12.1. The van der Waals surface area contributed by atoms with Crippen LogP contribution in [-0.4, -0.2) is 35.1 Å². The van der Waals surface area contributed by atoms with E-state index in [0.29, 0.717) is 5.88 Å². The summed E-state index contributed by atoms with van der Waals surface area (Å²) < 4.78 is 5.43. The fourth-order valence-electron chi connectivity index (χ4n) is 2.08. The number of hydrogen-bond acceptors (Lipinski definition) is 2. The van der Waals surface area contributed by atoms with Crippen LogP contribution in [0.1, 0.15) is 47.5 Å². The third-order valence-corrected chi connectivity index (χ3v) is 3.36. The van der Waals surface area contributed by atoms with Gasteiger partial charge in [-0.25, -0.2) is 4.79 Å². The number of amides is 1. The van der Waals surface area contributed by atoms with Crippen LogP contribution in [0.2, 0.25) is 0 Å². The van der Waals surface area contributed by atoms with Crippen molar-refractivity contribution in [1.29, 1.82) is 0 Å². The van der Waals surface area contributed by atoms with Gasteiger partial charge in [-0.2, -0.15) is 0 Å². The van der Waals surface area contributed by atoms with Gasteiger partial charge in [0, 0.05) is 18.5 Å². The van der Waals surface area contributed by atoms with E-state index in [1.165, 1.54) is 0 Å². The second-order valence-electron chi connectivity index (χ2n) is 6.62. The van der Waals surface area contributed by atoms with Gasteiger partial charge in [-0.1, -0.05) is 13.8 Å². The van der Waals surface area contributed by atoms with Crippen LogP contribution in [-0.2, 0) is 4.74 Å². The quantitative estimate of drug-likeness (QED) is 0.675. The van der Waals surface area contributed by atoms with Gasteiger partial charge in [0.25, 0.3) is 0 Å². The molecule has 1 aliphatic heterocycles. The van der Waals surface area contributed by atoms with Gasteiger partial charge in [0.15, 0.2) is 0 Å². The van der Waals surface area contributed by atoms with Gasteiger partial charge in [-0.3, -0.25) is 0 Å². The Hall–Kier alpha value is -0.440. The Kier molecular flexibility index (Phi) is 4.34. The highest BCUT2D eigenvalue weighted by atomic mass is 35.5. The number of nitrogens with zero attached hydrogens (tertiary/aromatic N) is 1. The molecule has 0 spiro atoms. The van der Waals surface area contributed by atoms with Gasteiger partial charge in [0.2, 0.25) is 0 Å². The summed E-state index contributed by atoms with van der Waals surface area (Å²) in [6.45, 7) is 10.7. The Labute approximate surface area is 109 Å². The maximum Gasteiger partial charge on any atom is 0.410 e. The first kappa shape index (κ1) is 14.6. The van der Waals surface area contributed by atoms with E-state index in [2.05, 4.69) is 13.8 Å². The number of carbonyl (C=O) groups is 1. The fourth-order valence-corrected chi connectivity index (χ4v) is 2.40. The lowest BCUT2D eigenvalue weighted by molar-refractivity contribution is -0.00392. The van der Waals surface area contributed by atoms with Crippen LogP contribution in [0.3, 0.4) is 0 Å². The molecule has 4 heteroatoms. The molecule has 1 amide bonds. The number of halogens is 1. The Morgan fingerprint density at radius 2 is 2.06 bits per heavy atom. The monoisotopic (exact) mass is 261 g/mol. The lowest BCUT2D eigenvalue weighted by Crippen LogP contribution is -2.52. The number of alkyl halides is 1. The molecule has 3 nitrogen and oxygen atoms in total. The van der Waals surface area contributed by atoms with E-state index in [9.17, 15) is 4.79 Å². The van der Waals surface area contributed by atoms with Crippen molar-refractivity contribution < 1.29 is 9.53 Å². The van der Waals surface area contributed by atoms with Crippen molar-refractivity contribution in [3.8, 4) is 0 Å². The predicted octanol–water partition coefficient (Wildman–Crippen LogP) is 3.65. The number of carbonyl (C=O) groups excluding carboxylic acids is 1. The summed E-state index contributed by atoms with van der Waals surface area (Å²) in [4.78, 5) is 13.9. The highest BCUT2D eigenvalue weighted by molar-refractivity contribution is 6.18. The van der Waals surface area contributed by atoms with Crippen LogP contribution < -0.4 is 0 Å². The van der Waals surface area contributed by atoms with Gasteiger partial charge in [-0.05, 0) is 39.0 Å². The summed E-state index contributed by atoms with van der Waals surface area (Å²) in [5.41, 5.74) is -0.297. The molecule has 0 aromatic heterocycles. The minimum absolute atomic E-state index is 0.111. The third kappa shape index (κ3) is 4.38. The number of hydrogen-bond donors (Lipinski definition) is 0. The van der Waals surface area contributed by atoms with Crippen LogP contribution in [0.5, 0.6) is 0 Å². The molecule has 17 heavy (non-hydrogen) atoms. The van der Waals surface area contributed by atoms with E-state index < -0.39 is 5.60 Å². The van der Waals surface area contributed by atoms with Crippen molar-refractivity contribution in [2.75, 3.05) is 12.4 Å². The largest absolute Gasteiger partial charge is 0.444 e. The highest BCUT2D eigenvalue weighted by Gasteiger charge is 2.37. The van der Waals surface area contributed by atoms with Crippen molar-refractivity contribution in [1.82, 2.24) is 4.90 Å². The number of piperidine rings is 1. The molecule has 0 aromatic rings. The predicted molar refractivity (Wildman–Crippen MR) is 70.5 cm³/mol. The van der Waals surface area contributed by atoms with Crippen molar-refractivity contribution in [2.24, 2.45) is 5.41 Å². The Bertz CT molecular complexity index is 284. The Balaban J connectivity index is 2.73. The third-order valence-electron chi connectivity index (χ3n) is 3.00. The van der Waals surface area contributed by atoms with Crippen LogP contribution in [0.4, 0.5) is 4.79 Å². The first-order valence-electron chi connectivity index (χ1n) is 6.20. The molecule has 1 aliphatic rings. The van der Waals surface area contributed by atoms with Crippen LogP contribution in [0.15, 0.2) is 0 Å². The molecule has 0 saturated carbocycles. The first-order valence-corrected chi connectivity index (χ1v) is 6.74. The molecule has 0 bridgehead atoms. The maximum absolute atomic E-state index is 12.1. The van der Waals surface area contributed by atoms with Gasteiger partial charge >= 0.3 is 6.09 Å². The molecular weight excluding hydrogens is 238 g/mol.